The minimum Gasteiger partial charge on any atom is -0.492 e. The van der Waals surface area contributed by atoms with Crippen LogP contribution in [0.25, 0.3) is 0 Å². The summed E-state index contributed by atoms with van der Waals surface area (Å²) in [5.74, 6) is 0.573. The van der Waals surface area contributed by atoms with E-state index in [9.17, 15) is 8.42 Å². The lowest BCUT2D eigenvalue weighted by Crippen LogP contribution is -2.28. The highest BCUT2D eigenvalue weighted by molar-refractivity contribution is 7.90. The van der Waals surface area contributed by atoms with Crippen molar-refractivity contribution in [3.8, 4) is 5.75 Å². The van der Waals surface area contributed by atoms with E-state index in [1.165, 1.54) is 6.26 Å². The first-order valence-electron chi connectivity index (χ1n) is 7.04. The van der Waals surface area contributed by atoms with Gasteiger partial charge in [0.25, 0.3) is 0 Å². The van der Waals surface area contributed by atoms with Crippen LogP contribution in [-0.2, 0) is 16.4 Å². The quantitative estimate of drug-likeness (QED) is 0.732. The molecule has 2 aromatic rings. The molecule has 0 spiro atoms. The Morgan fingerprint density at radius 2 is 2.09 bits per heavy atom. The molecule has 0 aliphatic heterocycles. The molecule has 1 aromatic carbocycles. The summed E-state index contributed by atoms with van der Waals surface area (Å²) in [7, 11) is -1.19. The summed E-state index contributed by atoms with van der Waals surface area (Å²) < 4.78 is 30.5. The summed E-state index contributed by atoms with van der Waals surface area (Å²) in [4.78, 5) is 2.42. The number of sulfone groups is 1. The number of hydrogen-bond acceptors (Lipinski definition) is 5. The summed E-state index contributed by atoms with van der Waals surface area (Å²) in [6.45, 7) is 2.95. The second-order valence-corrected chi connectivity index (χ2v) is 7.18. The van der Waals surface area contributed by atoms with E-state index in [0.717, 1.165) is 19.6 Å². The molecule has 2 rings (SSSR count). The normalized spacial score (nSPS) is 11.8. The fourth-order valence-electron chi connectivity index (χ4n) is 1.93. The molecule has 0 radical (unpaired) electrons. The van der Waals surface area contributed by atoms with E-state index in [4.69, 9.17) is 4.74 Å². The third-order valence-corrected chi connectivity index (χ3v) is 4.36. The first kappa shape index (κ1) is 16.5. The van der Waals surface area contributed by atoms with Gasteiger partial charge in [0.15, 0.2) is 9.84 Å². The zero-order valence-corrected chi connectivity index (χ0v) is 13.7. The molecule has 6 nitrogen and oxygen atoms in total. The van der Waals surface area contributed by atoms with Crippen LogP contribution >= 0.6 is 0 Å². The predicted octanol–water partition coefficient (Wildman–Crippen LogP) is 1.30. The van der Waals surface area contributed by atoms with Gasteiger partial charge in [-0.15, -0.1) is 0 Å². The zero-order valence-electron chi connectivity index (χ0n) is 12.8. The first-order chi connectivity index (χ1) is 10.4. The molecule has 0 atom stereocenters. The predicted molar refractivity (Wildman–Crippen MR) is 84.8 cm³/mol. The monoisotopic (exact) mass is 323 g/mol. The molecule has 0 saturated heterocycles. The number of nitrogens with zero attached hydrogens (tertiary/aromatic N) is 3. The Labute approximate surface area is 131 Å². The highest BCUT2D eigenvalue weighted by atomic mass is 32.2. The maximum Gasteiger partial charge on any atom is 0.175 e. The maximum absolute atomic E-state index is 11.5. The number of benzene rings is 1. The third-order valence-electron chi connectivity index (χ3n) is 3.25. The number of aromatic nitrogens is 2. The average Bonchev–Trinajstić information content (AvgIpc) is 2.98. The van der Waals surface area contributed by atoms with E-state index >= 15 is 0 Å². The molecule has 0 bridgehead atoms. The van der Waals surface area contributed by atoms with Crippen LogP contribution in [0.1, 0.15) is 0 Å². The van der Waals surface area contributed by atoms with Crippen LogP contribution in [0.15, 0.2) is 47.6 Å². The lowest BCUT2D eigenvalue weighted by atomic mass is 10.3. The molecule has 7 heteroatoms. The number of rotatable bonds is 8. The molecule has 120 valence electrons. The third kappa shape index (κ3) is 5.16. The van der Waals surface area contributed by atoms with Crippen LogP contribution in [0.3, 0.4) is 0 Å². The van der Waals surface area contributed by atoms with E-state index in [0.29, 0.717) is 12.4 Å². The van der Waals surface area contributed by atoms with Gasteiger partial charge in [-0.25, -0.2) is 8.42 Å². The zero-order chi connectivity index (χ0) is 16.0. The summed E-state index contributed by atoms with van der Waals surface area (Å²) in [6.07, 6.45) is 4.88. The van der Waals surface area contributed by atoms with Gasteiger partial charge in [-0.2, -0.15) is 5.10 Å². The SMILES string of the molecule is CN(CCOc1cccc(S(C)(=O)=O)c1)CCn1cccn1. The van der Waals surface area contributed by atoms with Gasteiger partial charge in [-0.3, -0.25) is 4.68 Å². The Morgan fingerprint density at radius 3 is 2.77 bits per heavy atom. The standard InChI is InChI=1S/C15H21N3O3S/c1-17(9-10-18-8-4-7-16-18)11-12-21-14-5-3-6-15(13-14)22(2,19)20/h3-8,13H,9-12H2,1-2H3. The minimum absolute atomic E-state index is 0.275. The second-order valence-electron chi connectivity index (χ2n) is 5.17. The van der Waals surface area contributed by atoms with Crippen molar-refractivity contribution in [1.29, 1.82) is 0 Å². The molecule has 22 heavy (non-hydrogen) atoms. The maximum atomic E-state index is 11.5. The average molecular weight is 323 g/mol. The van der Waals surface area contributed by atoms with Crippen molar-refractivity contribution in [3.05, 3.63) is 42.7 Å². The summed E-state index contributed by atoms with van der Waals surface area (Å²) in [5.41, 5.74) is 0. The smallest absolute Gasteiger partial charge is 0.175 e. The van der Waals surface area contributed by atoms with Crippen LogP contribution in [0.4, 0.5) is 0 Å². The molecule has 1 aromatic heterocycles. The molecule has 0 aliphatic carbocycles. The van der Waals surface area contributed by atoms with Crippen molar-refractivity contribution in [1.82, 2.24) is 14.7 Å². The van der Waals surface area contributed by atoms with Crippen molar-refractivity contribution in [3.63, 3.8) is 0 Å². The van der Waals surface area contributed by atoms with E-state index in [2.05, 4.69) is 10.00 Å². The largest absolute Gasteiger partial charge is 0.492 e. The van der Waals surface area contributed by atoms with Crippen LogP contribution < -0.4 is 4.74 Å². The highest BCUT2D eigenvalue weighted by Gasteiger charge is 2.08. The second kappa shape index (κ2) is 7.42. The molecular weight excluding hydrogens is 302 g/mol. The number of likely N-dealkylation sites (N-methyl/N-ethyl adjacent to an activating group) is 1. The van der Waals surface area contributed by atoms with E-state index in [1.54, 1.807) is 30.5 Å². The van der Waals surface area contributed by atoms with E-state index in [-0.39, 0.29) is 4.90 Å². The van der Waals surface area contributed by atoms with Gasteiger partial charge in [-0.05, 0) is 31.3 Å². The Hall–Kier alpha value is -1.86. The molecule has 0 saturated carbocycles. The van der Waals surface area contributed by atoms with Crippen LogP contribution in [0, 0.1) is 0 Å². The molecule has 0 N–H and O–H groups in total. The van der Waals surface area contributed by atoms with Crippen molar-refractivity contribution in [2.75, 3.05) is 33.0 Å². The summed E-state index contributed by atoms with van der Waals surface area (Å²) >= 11 is 0. The van der Waals surface area contributed by atoms with Gasteiger partial charge < -0.3 is 9.64 Å². The van der Waals surface area contributed by atoms with Crippen molar-refractivity contribution in [2.45, 2.75) is 11.4 Å². The Morgan fingerprint density at radius 1 is 1.27 bits per heavy atom. The fraction of sp³-hybridized carbons (Fsp3) is 0.400. The van der Waals surface area contributed by atoms with Gasteiger partial charge in [0.1, 0.15) is 12.4 Å². The number of ether oxygens (including phenoxy) is 1. The topological polar surface area (TPSA) is 64.4 Å². The minimum atomic E-state index is -3.20. The highest BCUT2D eigenvalue weighted by Crippen LogP contribution is 2.17. The van der Waals surface area contributed by atoms with Gasteiger partial charge in [0.05, 0.1) is 11.4 Å². The van der Waals surface area contributed by atoms with Gasteiger partial charge in [-0.1, -0.05) is 6.07 Å². The Balaban J connectivity index is 1.76. The molecular formula is C15H21N3O3S. The lowest BCUT2D eigenvalue weighted by molar-refractivity contribution is 0.230. The van der Waals surface area contributed by atoms with E-state index in [1.807, 2.05) is 24.0 Å². The Bertz CT molecular complexity index is 684. The molecule has 0 amide bonds. The van der Waals surface area contributed by atoms with Crippen molar-refractivity contribution < 1.29 is 13.2 Å². The van der Waals surface area contributed by atoms with Crippen LogP contribution in [-0.4, -0.2) is 56.1 Å². The number of hydrogen-bond donors (Lipinski definition) is 0. The van der Waals surface area contributed by atoms with E-state index < -0.39 is 9.84 Å². The van der Waals surface area contributed by atoms with Gasteiger partial charge in [0, 0.05) is 31.7 Å². The van der Waals surface area contributed by atoms with Crippen molar-refractivity contribution >= 4 is 9.84 Å². The van der Waals surface area contributed by atoms with Gasteiger partial charge in [0.2, 0.25) is 0 Å². The molecule has 0 aliphatic rings. The van der Waals surface area contributed by atoms with Crippen LogP contribution in [0.5, 0.6) is 5.75 Å². The fourth-order valence-corrected chi connectivity index (χ4v) is 2.59. The van der Waals surface area contributed by atoms with Gasteiger partial charge >= 0.3 is 0 Å². The lowest BCUT2D eigenvalue weighted by Gasteiger charge is -2.17. The summed E-state index contributed by atoms with van der Waals surface area (Å²) in [6, 6.07) is 8.47. The Kier molecular flexibility index (Phi) is 5.57. The van der Waals surface area contributed by atoms with Crippen LogP contribution in [0.2, 0.25) is 0 Å². The molecule has 1 heterocycles. The first-order valence-corrected chi connectivity index (χ1v) is 8.93. The molecule has 0 fully saturated rings. The van der Waals surface area contributed by atoms with Crippen molar-refractivity contribution in [2.24, 2.45) is 0 Å². The molecule has 0 unspecified atom stereocenters. The summed E-state index contributed by atoms with van der Waals surface area (Å²) in [5, 5.41) is 4.15.